The van der Waals surface area contributed by atoms with Gasteiger partial charge in [0.15, 0.2) is 0 Å². The van der Waals surface area contributed by atoms with Gasteiger partial charge < -0.3 is 14.4 Å². The van der Waals surface area contributed by atoms with Crippen LogP contribution in [0.2, 0.25) is 5.02 Å². The molecule has 0 aromatic heterocycles. The lowest BCUT2D eigenvalue weighted by Gasteiger charge is -2.45. The smallest absolute Gasteiger partial charge is 0.253 e. The lowest BCUT2D eigenvalue weighted by molar-refractivity contribution is 0.0361. The number of rotatable bonds is 4. The molecule has 1 amide bonds. The third-order valence-corrected chi connectivity index (χ3v) is 8.62. The molecule has 5 rings (SSSR count). The van der Waals surface area contributed by atoms with Crippen molar-refractivity contribution in [2.45, 2.75) is 45.1 Å². The molecule has 5 nitrogen and oxygen atoms in total. The first-order chi connectivity index (χ1) is 19.0. The molecule has 3 aromatic rings. The Bertz CT molecular complexity index is 1220. The van der Waals surface area contributed by atoms with Gasteiger partial charge in [0.2, 0.25) is 0 Å². The third kappa shape index (κ3) is 7.14. The molecular formula is C33H39ClN2O3. The molecular weight excluding hydrogens is 508 g/mol. The van der Waals surface area contributed by atoms with Crippen LogP contribution in [0.25, 0.3) is 0 Å². The molecule has 0 saturated carbocycles. The van der Waals surface area contributed by atoms with Crippen LogP contribution in [0.1, 0.15) is 53.6 Å². The van der Waals surface area contributed by atoms with Crippen molar-refractivity contribution in [1.82, 2.24) is 9.80 Å². The summed E-state index contributed by atoms with van der Waals surface area (Å²) in [6, 6.07) is 24.1. The maximum absolute atomic E-state index is 13.2. The Hall–Kier alpha value is -3.02. The van der Waals surface area contributed by atoms with Crippen molar-refractivity contribution in [3.8, 4) is 11.5 Å². The molecule has 1 spiro atoms. The molecule has 2 aliphatic heterocycles. The first-order valence-electron chi connectivity index (χ1n) is 14.1. The van der Waals surface area contributed by atoms with Crippen molar-refractivity contribution in [2.75, 3.05) is 39.9 Å². The average Bonchev–Trinajstić information content (AvgIpc) is 2.96. The highest BCUT2D eigenvalue weighted by atomic mass is 35.5. The predicted molar refractivity (Wildman–Crippen MR) is 157 cm³/mol. The number of hydrogen-bond acceptors (Lipinski definition) is 4. The minimum Gasteiger partial charge on any atom is -0.497 e. The molecule has 0 atom stereocenters. The number of nitrogens with zero attached hydrogens (tertiary/aromatic N) is 2. The summed E-state index contributed by atoms with van der Waals surface area (Å²) in [6.45, 7) is 4.96. The van der Waals surface area contributed by atoms with Gasteiger partial charge in [0.05, 0.1) is 7.11 Å². The number of ether oxygens (including phenoxy) is 2. The first kappa shape index (κ1) is 27.5. The largest absolute Gasteiger partial charge is 0.497 e. The lowest BCUT2D eigenvalue weighted by Crippen LogP contribution is -2.48. The lowest BCUT2D eigenvalue weighted by atomic mass is 9.73. The van der Waals surface area contributed by atoms with Crippen LogP contribution in [0.5, 0.6) is 11.5 Å². The Morgan fingerprint density at radius 2 is 1.67 bits per heavy atom. The van der Waals surface area contributed by atoms with Crippen LogP contribution in [0.3, 0.4) is 0 Å². The number of likely N-dealkylation sites (tertiary alicyclic amines) is 1. The van der Waals surface area contributed by atoms with E-state index >= 15 is 0 Å². The zero-order chi connectivity index (χ0) is 27.1. The second-order valence-corrected chi connectivity index (χ2v) is 11.5. The van der Waals surface area contributed by atoms with Crippen LogP contribution < -0.4 is 9.47 Å². The van der Waals surface area contributed by atoms with Crippen molar-refractivity contribution in [3.63, 3.8) is 0 Å². The molecule has 0 radical (unpaired) electrons. The summed E-state index contributed by atoms with van der Waals surface area (Å²) in [5.74, 6) is 2.00. The molecule has 206 valence electrons. The van der Waals surface area contributed by atoms with Gasteiger partial charge in [-0.1, -0.05) is 48.4 Å². The summed E-state index contributed by atoms with van der Waals surface area (Å²) in [5.41, 5.74) is 3.47. The summed E-state index contributed by atoms with van der Waals surface area (Å²) < 4.78 is 11.7. The first-order valence-corrected chi connectivity index (χ1v) is 14.5. The van der Waals surface area contributed by atoms with Crippen LogP contribution >= 0.6 is 11.6 Å². The van der Waals surface area contributed by atoms with E-state index in [9.17, 15) is 4.79 Å². The quantitative estimate of drug-likeness (QED) is 0.358. The van der Waals surface area contributed by atoms with E-state index < -0.39 is 0 Å². The van der Waals surface area contributed by atoms with Gasteiger partial charge in [0.1, 0.15) is 18.1 Å². The Labute approximate surface area is 237 Å². The average molecular weight is 547 g/mol. The summed E-state index contributed by atoms with van der Waals surface area (Å²) in [6.07, 6.45) is 6.58. The molecule has 1 saturated heterocycles. The van der Waals surface area contributed by atoms with Crippen LogP contribution in [-0.2, 0) is 13.0 Å². The van der Waals surface area contributed by atoms with Crippen molar-refractivity contribution < 1.29 is 14.3 Å². The second-order valence-electron chi connectivity index (χ2n) is 11.0. The van der Waals surface area contributed by atoms with E-state index in [1.54, 1.807) is 19.2 Å². The topological polar surface area (TPSA) is 42.0 Å². The fourth-order valence-corrected chi connectivity index (χ4v) is 6.20. The SMILES string of the molecule is COc1ccc(CN2CCOc3ccccc3CCCCC3(CCN(C(=O)c4ccc(Cl)cc4)CC3)C2)cc1. The van der Waals surface area contributed by atoms with Crippen molar-refractivity contribution in [2.24, 2.45) is 5.41 Å². The number of piperidine rings is 1. The normalized spacial score (nSPS) is 18.4. The number of halogens is 1. The second kappa shape index (κ2) is 12.9. The summed E-state index contributed by atoms with van der Waals surface area (Å²) in [4.78, 5) is 17.8. The number of amides is 1. The van der Waals surface area contributed by atoms with Gasteiger partial charge in [-0.15, -0.1) is 0 Å². The van der Waals surface area contributed by atoms with Gasteiger partial charge in [0.25, 0.3) is 5.91 Å². The monoisotopic (exact) mass is 546 g/mol. The molecule has 3 aromatic carbocycles. The highest BCUT2D eigenvalue weighted by Crippen LogP contribution is 2.39. The maximum atomic E-state index is 13.2. The van der Waals surface area contributed by atoms with Gasteiger partial charge in [0, 0.05) is 43.3 Å². The maximum Gasteiger partial charge on any atom is 0.253 e. The van der Waals surface area contributed by atoms with E-state index in [1.165, 1.54) is 24.0 Å². The van der Waals surface area contributed by atoms with E-state index in [0.717, 1.165) is 69.9 Å². The molecule has 0 unspecified atom stereocenters. The van der Waals surface area contributed by atoms with Gasteiger partial charge in [-0.25, -0.2) is 0 Å². The Balaban J connectivity index is 1.32. The molecule has 1 fully saturated rings. The summed E-state index contributed by atoms with van der Waals surface area (Å²) in [7, 11) is 1.70. The molecule has 0 N–H and O–H groups in total. The van der Waals surface area contributed by atoms with E-state index in [4.69, 9.17) is 21.1 Å². The van der Waals surface area contributed by atoms with Crippen LogP contribution in [-0.4, -0.2) is 55.6 Å². The van der Waals surface area contributed by atoms with Crippen molar-refractivity contribution in [1.29, 1.82) is 0 Å². The molecule has 0 bridgehead atoms. The number of hydrogen-bond donors (Lipinski definition) is 0. The van der Waals surface area contributed by atoms with E-state index in [-0.39, 0.29) is 11.3 Å². The van der Waals surface area contributed by atoms with Gasteiger partial charge >= 0.3 is 0 Å². The van der Waals surface area contributed by atoms with Crippen LogP contribution in [0.15, 0.2) is 72.8 Å². The van der Waals surface area contributed by atoms with E-state index in [1.807, 2.05) is 29.2 Å². The van der Waals surface area contributed by atoms with Gasteiger partial charge in [-0.3, -0.25) is 9.69 Å². The van der Waals surface area contributed by atoms with Crippen molar-refractivity contribution in [3.05, 3.63) is 94.5 Å². The number of aryl methyl sites for hydroxylation is 1. The number of methoxy groups -OCH3 is 1. The minimum atomic E-state index is 0.106. The van der Waals surface area contributed by atoms with Crippen molar-refractivity contribution >= 4 is 17.5 Å². The highest BCUT2D eigenvalue weighted by Gasteiger charge is 2.37. The number of carbonyl (C=O) groups is 1. The zero-order valence-electron chi connectivity index (χ0n) is 22.9. The van der Waals surface area contributed by atoms with Gasteiger partial charge in [-0.05, 0) is 91.1 Å². The summed E-state index contributed by atoms with van der Waals surface area (Å²) in [5, 5.41) is 0.654. The van der Waals surface area contributed by atoms with Crippen LogP contribution in [0.4, 0.5) is 0 Å². The third-order valence-electron chi connectivity index (χ3n) is 8.37. The van der Waals surface area contributed by atoms with Crippen LogP contribution in [0, 0.1) is 5.41 Å². The number of carbonyl (C=O) groups excluding carboxylic acids is 1. The van der Waals surface area contributed by atoms with Gasteiger partial charge in [-0.2, -0.15) is 0 Å². The Morgan fingerprint density at radius 1 is 0.923 bits per heavy atom. The Morgan fingerprint density at radius 3 is 2.41 bits per heavy atom. The molecule has 6 heteroatoms. The fourth-order valence-electron chi connectivity index (χ4n) is 6.08. The molecule has 2 aliphatic rings. The zero-order valence-corrected chi connectivity index (χ0v) is 23.7. The molecule has 2 heterocycles. The van der Waals surface area contributed by atoms with E-state index in [2.05, 4.69) is 41.3 Å². The van der Waals surface area contributed by atoms with E-state index in [0.29, 0.717) is 17.2 Å². The molecule has 39 heavy (non-hydrogen) atoms. The molecule has 0 aliphatic carbocycles. The minimum absolute atomic E-state index is 0.106. The fraction of sp³-hybridized carbons (Fsp3) is 0.424. The summed E-state index contributed by atoms with van der Waals surface area (Å²) >= 11 is 6.05. The number of para-hydroxylation sites is 1. The Kier molecular flexibility index (Phi) is 9.10. The highest BCUT2D eigenvalue weighted by molar-refractivity contribution is 6.30. The predicted octanol–water partition coefficient (Wildman–Crippen LogP) is 6.88. The number of fused-ring (bicyclic) bond motifs is 1. The standard InChI is InChI=1S/C33H39ClN2O3/c1-38-30-15-9-26(10-16-30)24-35-22-23-39-31-8-3-2-6-27(31)7-4-5-17-33(25-35)18-20-36(21-19-33)32(37)28-11-13-29(34)14-12-28/h2-3,6,8-16H,4-5,7,17-25H2,1H3. The number of benzene rings is 3.